The zero-order valence-corrected chi connectivity index (χ0v) is 18.5. The van der Waals surface area contributed by atoms with Crippen LogP contribution in [0.4, 0.5) is 5.69 Å². The van der Waals surface area contributed by atoms with Crippen molar-refractivity contribution in [2.45, 2.75) is 39.2 Å². The molecule has 154 valence electrons. The molecule has 0 aliphatic carbocycles. The summed E-state index contributed by atoms with van der Waals surface area (Å²) >= 11 is 0. The van der Waals surface area contributed by atoms with Gasteiger partial charge in [0.05, 0.1) is 5.69 Å². The molecule has 0 saturated heterocycles. The summed E-state index contributed by atoms with van der Waals surface area (Å²) in [4.78, 5) is 8.72. The molecule has 0 atom stereocenters. The zero-order valence-electron chi connectivity index (χ0n) is 18.5. The molecule has 0 saturated carbocycles. The average molecular weight is 385 g/mol. The fourth-order valence-electron chi connectivity index (χ4n) is 3.33. The minimum Gasteiger partial charge on any atom is -0.378 e. The smallest absolute Gasteiger partial charge is 0.193 e. The molecule has 0 unspecified atom stereocenters. The molecule has 2 aromatic rings. The third-order valence-corrected chi connectivity index (χ3v) is 4.84. The quantitative estimate of drug-likeness (QED) is 0.431. The maximum atomic E-state index is 4.60. The number of aryl methyl sites for hydroxylation is 2. The van der Waals surface area contributed by atoms with Gasteiger partial charge in [0.25, 0.3) is 0 Å². The van der Waals surface area contributed by atoms with E-state index in [1.165, 1.54) is 16.8 Å². The molecule has 0 spiro atoms. The predicted octanol–water partition coefficient (Wildman–Crippen LogP) is 3.25. The fraction of sp³-hybridized carbons (Fsp3) is 0.545. The molecule has 0 bridgehead atoms. The molecule has 1 N–H and O–H groups in total. The Morgan fingerprint density at radius 1 is 1.18 bits per heavy atom. The van der Waals surface area contributed by atoms with Gasteiger partial charge in [-0.3, -0.25) is 9.67 Å². The third-order valence-electron chi connectivity index (χ3n) is 4.84. The normalized spacial score (nSPS) is 11.8. The highest BCUT2D eigenvalue weighted by molar-refractivity contribution is 5.79. The second kappa shape index (κ2) is 10.2. The maximum Gasteiger partial charge on any atom is 0.193 e. The van der Waals surface area contributed by atoms with E-state index in [0.29, 0.717) is 5.92 Å². The number of aromatic nitrogens is 2. The number of benzene rings is 1. The van der Waals surface area contributed by atoms with Crippen LogP contribution in [-0.4, -0.2) is 55.4 Å². The number of guanidine groups is 1. The van der Waals surface area contributed by atoms with Crippen LogP contribution < -0.4 is 10.2 Å². The lowest BCUT2D eigenvalue weighted by Crippen LogP contribution is -2.39. The summed E-state index contributed by atoms with van der Waals surface area (Å²) in [5.41, 5.74) is 5.02. The number of rotatable bonds is 8. The zero-order chi connectivity index (χ0) is 20.7. The molecule has 6 nitrogen and oxygen atoms in total. The van der Waals surface area contributed by atoms with Gasteiger partial charge in [0.15, 0.2) is 5.96 Å². The SMILES string of the molecule is CN=C(NCCCc1ccc(N(C)C)cc1)N(C)Cc1cn(C)nc1C(C)C. The topological polar surface area (TPSA) is 48.7 Å². The number of anilines is 1. The third kappa shape index (κ3) is 6.01. The summed E-state index contributed by atoms with van der Waals surface area (Å²) in [6, 6.07) is 8.78. The Morgan fingerprint density at radius 3 is 2.43 bits per heavy atom. The van der Waals surface area contributed by atoms with E-state index in [2.05, 4.69) is 90.7 Å². The second-order valence-corrected chi connectivity index (χ2v) is 7.86. The van der Waals surface area contributed by atoms with Gasteiger partial charge in [-0.25, -0.2) is 0 Å². The molecule has 0 fully saturated rings. The van der Waals surface area contributed by atoms with E-state index >= 15 is 0 Å². The van der Waals surface area contributed by atoms with Gasteiger partial charge in [0.2, 0.25) is 0 Å². The first-order valence-electron chi connectivity index (χ1n) is 10.0. The van der Waals surface area contributed by atoms with Crippen LogP contribution in [0.5, 0.6) is 0 Å². The minimum absolute atomic E-state index is 0.415. The Bertz CT molecular complexity index is 758. The maximum absolute atomic E-state index is 4.60. The molecular formula is C22H36N6. The highest BCUT2D eigenvalue weighted by Crippen LogP contribution is 2.18. The highest BCUT2D eigenvalue weighted by Gasteiger charge is 2.14. The number of aliphatic imine (C=N–C) groups is 1. The molecular weight excluding hydrogens is 348 g/mol. The van der Waals surface area contributed by atoms with Crippen LogP contribution >= 0.6 is 0 Å². The standard InChI is InChI=1S/C22H36N6/c1-17(2)21-19(16-28(7)25-21)15-27(6)22(23-3)24-14-8-9-18-10-12-20(13-11-18)26(4)5/h10-13,16-17H,8-9,14-15H2,1-7H3,(H,23,24). The number of hydrogen-bond donors (Lipinski definition) is 1. The van der Waals surface area contributed by atoms with E-state index in [1.54, 1.807) is 0 Å². The van der Waals surface area contributed by atoms with Gasteiger partial charge in [-0.05, 0) is 36.5 Å². The molecule has 1 aromatic heterocycles. The number of nitrogens with one attached hydrogen (secondary N) is 1. The van der Waals surface area contributed by atoms with Crippen LogP contribution in [0.2, 0.25) is 0 Å². The van der Waals surface area contributed by atoms with Crippen LogP contribution in [0.15, 0.2) is 35.5 Å². The van der Waals surface area contributed by atoms with E-state index in [4.69, 9.17) is 0 Å². The van der Waals surface area contributed by atoms with Crippen molar-refractivity contribution in [1.82, 2.24) is 20.0 Å². The van der Waals surface area contributed by atoms with Crippen molar-refractivity contribution in [3.05, 3.63) is 47.3 Å². The summed E-state index contributed by atoms with van der Waals surface area (Å²) in [7, 11) is 10.0. The molecule has 28 heavy (non-hydrogen) atoms. The Morgan fingerprint density at radius 2 is 1.86 bits per heavy atom. The van der Waals surface area contributed by atoms with Crippen LogP contribution in [-0.2, 0) is 20.0 Å². The van der Waals surface area contributed by atoms with Gasteiger partial charge in [-0.1, -0.05) is 26.0 Å². The first kappa shape index (κ1) is 21.8. The Hall–Kier alpha value is -2.50. The van der Waals surface area contributed by atoms with Gasteiger partial charge >= 0.3 is 0 Å². The number of nitrogens with zero attached hydrogens (tertiary/aromatic N) is 5. The summed E-state index contributed by atoms with van der Waals surface area (Å²) in [5, 5.41) is 8.09. The van der Waals surface area contributed by atoms with Crippen molar-refractivity contribution < 1.29 is 0 Å². The molecule has 6 heteroatoms. The highest BCUT2D eigenvalue weighted by atomic mass is 15.3. The molecule has 1 aromatic carbocycles. The summed E-state index contributed by atoms with van der Waals surface area (Å²) < 4.78 is 1.90. The van der Waals surface area contributed by atoms with Crippen molar-refractivity contribution in [3.63, 3.8) is 0 Å². The van der Waals surface area contributed by atoms with Gasteiger partial charge in [0, 0.05) is 65.8 Å². The van der Waals surface area contributed by atoms with Crippen LogP contribution in [0.1, 0.15) is 43.0 Å². The fourth-order valence-corrected chi connectivity index (χ4v) is 3.33. The monoisotopic (exact) mass is 384 g/mol. The summed E-state index contributed by atoms with van der Waals surface area (Å²) in [6.07, 6.45) is 4.23. The van der Waals surface area contributed by atoms with E-state index in [-0.39, 0.29) is 0 Å². The first-order valence-corrected chi connectivity index (χ1v) is 10.0. The van der Waals surface area contributed by atoms with E-state index < -0.39 is 0 Å². The lowest BCUT2D eigenvalue weighted by molar-refractivity contribution is 0.472. The van der Waals surface area contributed by atoms with Gasteiger partial charge in [-0.2, -0.15) is 5.10 Å². The lowest BCUT2D eigenvalue weighted by atomic mass is 10.1. The Labute approximate surface area is 170 Å². The second-order valence-electron chi connectivity index (χ2n) is 7.86. The average Bonchev–Trinajstić information content (AvgIpc) is 3.02. The van der Waals surface area contributed by atoms with Crippen LogP contribution in [0, 0.1) is 0 Å². The molecule has 0 aliphatic rings. The number of hydrogen-bond acceptors (Lipinski definition) is 3. The first-order chi connectivity index (χ1) is 13.3. The molecule has 0 amide bonds. The molecule has 2 rings (SSSR count). The van der Waals surface area contributed by atoms with Crippen molar-refractivity contribution in [2.24, 2.45) is 12.0 Å². The van der Waals surface area contributed by atoms with E-state index in [0.717, 1.165) is 37.6 Å². The van der Waals surface area contributed by atoms with Gasteiger partial charge in [-0.15, -0.1) is 0 Å². The van der Waals surface area contributed by atoms with Crippen LogP contribution in [0.25, 0.3) is 0 Å². The summed E-state index contributed by atoms with van der Waals surface area (Å²) in [5.74, 6) is 1.33. The van der Waals surface area contributed by atoms with Gasteiger partial charge < -0.3 is 15.1 Å². The molecule has 1 heterocycles. The largest absolute Gasteiger partial charge is 0.378 e. The Kier molecular flexibility index (Phi) is 7.91. The van der Waals surface area contributed by atoms with Gasteiger partial charge in [0.1, 0.15) is 0 Å². The van der Waals surface area contributed by atoms with Crippen LogP contribution in [0.3, 0.4) is 0 Å². The van der Waals surface area contributed by atoms with Crippen molar-refractivity contribution in [3.8, 4) is 0 Å². The van der Waals surface area contributed by atoms with E-state index in [1.807, 2.05) is 18.8 Å². The van der Waals surface area contributed by atoms with Crippen molar-refractivity contribution >= 4 is 11.6 Å². The van der Waals surface area contributed by atoms with E-state index in [9.17, 15) is 0 Å². The molecule has 0 aliphatic heterocycles. The van der Waals surface area contributed by atoms with Crippen molar-refractivity contribution in [1.29, 1.82) is 0 Å². The minimum atomic E-state index is 0.415. The summed E-state index contributed by atoms with van der Waals surface area (Å²) in [6.45, 7) is 6.07. The lowest BCUT2D eigenvalue weighted by Gasteiger charge is -2.22. The molecule has 0 radical (unpaired) electrons. The predicted molar refractivity (Wildman–Crippen MR) is 119 cm³/mol. The Balaban J connectivity index is 1.83. The van der Waals surface area contributed by atoms with Crippen molar-refractivity contribution in [2.75, 3.05) is 39.6 Å².